The smallest absolute Gasteiger partial charge is 0.232 e. The van der Waals surface area contributed by atoms with Gasteiger partial charge >= 0.3 is 0 Å². The molecule has 0 unspecified atom stereocenters. The van der Waals surface area contributed by atoms with E-state index in [9.17, 15) is 0 Å². The van der Waals surface area contributed by atoms with E-state index in [4.69, 9.17) is 11.0 Å². The Labute approximate surface area is 133 Å². The van der Waals surface area contributed by atoms with Crippen LogP contribution in [0.2, 0.25) is 0 Å². The standard InChI is InChI=1S/C17H14N6/c1-11-2-8-14(9-3-11)20-17-22-15(21-16(19)23-17)13-6-4-12(10-18)5-7-13/h2-9H,1H3,(H3,19,20,21,22,23). The van der Waals surface area contributed by atoms with E-state index >= 15 is 0 Å². The molecule has 3 N–H and O–H groups in total. The van der Waals surface area contributed by atoms with Crippen LogP contribution in [0.15, 0.2) is 48.5 Å². The van der Waals surface area contributed by atoms with Gasteiger partial charge in [-0.1, -0.05) is 17.7 Å². The number of anilines is 3. The lowest BCUT2D eigenvalue weighted by molar-refractivity contribution is 1.08. The topological polar surface area (TPSA) is 101 Å². The molecule has 2 aromatic carbocycles. The number of nitrogens with zero attached hydrogens (tertiary/aromatic N) is 4. The summed E-state index contributed by atoms with van der Waals surface area (Å²) in [6, 6.07) is 16.9. The summed E-state index contributed by atoms with van der Waals surface area (Å²) in [5.41, 5.74) is 9.16. The van der Waals surface area contributed by atoms with Gasteiger partial charge < -0.3 is 11.1 Å². The highest BCUT2D eigenvalue weighted by molar-refractivity contribution is 5.61. The average molecular weight is 302 g/mol. The first kappa shape index (κ1) is 14.5. The maximum absolute atomic E-state index is 8.85. The number of nitrogens with two attached hydrogens (primary N) is 1. The molecule has 1 aromatic heterocycles. The van der Waals surface area contributed by atoms with E-state index < -0.39 is 0 Å². The molecule has 3 rings (SSSR count). The van der Waals surface area contributed by atoms with E-state index in [1.165, 1.54) is 5.56 Å². The summed E-state index contributed by atoms with van der Waals surface area (Å²) < 4.78 is 0. The Morgan fingerprint density at radius 1 is 0.957 bits per heavy atom. The molecular formula is C17H14N6. The van der Waals surface area contributed by atoms with E-state index in [-0.39, 0.29) is 5.95 Å². The first-order chi connectivity index (χ1) is 11.1. The van der Waals surface area contributed by atoms with E-state index in [0.29, 0.717) is 17.3 Å². The van der Waals surface area contributed by atoms with E-state index in [0.717, 1.165) is 11.3 Å². The Morgan fingerprint density at radius 2 is 1.65 bits per heavy atom. The summed E-state index contributed by atoms with van der Waals surface area (Å²) in [5, 5.41) is 12.0. The van der Waals surface area contributed by atoms with Crippen molar-refractivity contribution >= 4 is 17.6 Å². The van der Waals surface area contributed by atoms with Crippen molar-refractivity contribution in [2.75, 3.05) is 11.1 Å². The van der Waals surface area contributed by atoms with Gasteiger partial charge in [0, 0.05) is 11.3 Å². The predicted octanol–water partition coefficient (Wildman–Crippen LogP) is 3.04. The van der Waals surface area contributed by atoms with E-state index in [2.05, 4.69) is 26.3 Å². The Balaban J connectivity index is 1.92. The minimum atomic E-state index is 0.133. The van der Waals surface area contributed by atoms with Gasteiger partial charge in [0.25, 0.3) is 0 Å². The zero-order valence-corrected chi connectivity index (χ0v) is 12.5. The molecule has 112 valence electrons. The van der Waals surface area contributed by atoms with E-state index in [1.807, 2.05) is 31.2 Å². The highest BCUT2D eigenvalue weighted by Crippen LogP contribution is 2.20. The monoisotopic (exact) mass is 302 g/mol. The number of aromatic nitrogens is 3. The van der Waals surface area contributed by atoms with Gasteiger partial charge in [-0.15, -0.1) is 0 Å². The molecule has 0 saturated carbocycles. The highest BCUT2D eigenvalue weighted by atomic mass is 15.2. The van der Waals surface area contributed by atoms with Crippen LogP contribution in [0.3, 0.4) is 0 Å². The van der Waals surface area contributed by atoms with E-state index in [1.54, 1.807) is 24.3 Å². The molecule has 0 aliphatic rings. The molecule has 0 bridgehead atoms. The lowest BCUT2D eigenvalue weighted by Gasteiger charge is -2.07. The van der Waals surface area contributed by atoms with Gasteiger partial charge in [0.2, 0.25) is 11.9 Å². The molecule has 1 heterocycles. The number of benzene rings is 2. The molecule has 3 aromatic rings. The molecule has 6 heteroatoms. The van der Waals surface area contributed by atoms with Crippen LogP contribution in [0, 0.1) is 18.3 Å². The second-order valence-electron chi connectivity index (χ2n) is 5.02. The zero-order valence-electron chi connectivity index (χ0n) is 12.5. The first-order valence-corrected chi connectivity index (χ1v) is 7.00. The van der Waals surface area contributed by atoms with Crippen molar-refractivity contribution < 1.29 is 0 Å². The summed E-state index contributed by atoms with van der Waals surface area (Å²) in [6.45, 7) is 2.02. The number of rotatable bonds is 3. The minimum absolute atomic E-state index is 0.133. The molecule has 0 amide bonds. The van der Waals surface area contributed by atoms with Crippen LogP contribution >= 0.6 is 0 Å². The van der Waals surface area contributed by atoms with Crippen molar-refractivity contribution in [3.05, 3.63) is 59.7 Å². The van der Waals surface area contributed by atoms with Gasteiger partial charge in [0.1, 0.15) is 0 Å². The summed E-state index contributed by atoms with van der Waals surface area (Å²) in [6.07, 6.45) is 0. The number of nitriles is 1. The fourth-order valence-corrected chi connectivity index (χ4v) is 2.04. The van der Waals surface area contributed by atoms with Crippen LogP contribution in [-0.2, 0) is 0 Å². The van der Waals surface area contributed by atoms with Crippen molar-refractivity contribution in [1.29, 1.82) is 5.26 Å². The molecule has 0 spiro atoms. The fraction of sp³-hybridized carbons (Fsp3) is 0.0588. The van der Waals surface area contributed by atoms with Gasteiger partial charge in [-0.25, -0.2) is 0 Å². The molecule has 0 aliphatic carbocycles. The third-order valence-electron chi connectivity index (χ3n) is 3.23. The van der Waals surface area contributed by atoms with Gasteiger partial charge in [0.05, 0.1) is 11.6 Å². The lowest BCUT2D eigenvalue weighted by Crippen LogP contribution is -2.05. The Kier molecular flexibility index (Phi) is 3.85. The van der Waals surface area contributed by atoms with Crippen molar-refractivity contribution in [3.8, 4) is 17.5 Å². The second-order valence-corrected chi connectivity index (χ2v) is 5.02. The normalized spacial score (nSPS) is 10.1. The van der Waals surface area contributed by atoms with Crippen LogP contribution in [0.1, 0.15) is 11.1 Å². The number of hydrogen-bond acceptors (Lipinski definition) is 6. The van der Waals surface area contributed by atoms with Crippen molar-refractivity contribution in [3.63, 3.8) is 0 Å². The average Bonchev–Trinajstić information content (AvgIpc) is 2.56. The molecule has 6 nitrogen and oxygen atoms in total. The maximum Gasteiger partial charge on any atom is 0.232 e. The number of nitrogen functional groups attached to an aromatic ring is 1. The maximum atomic E-state index is 8.85. The van der Waals surface area contributed by atoms with Crippen molar-refractivity contribution in [1.82, 2.24) is 15.0 Å². The second kappa shape index (κ2) is 6.12. The minimum Gasteiger partial charge on any atom is -0.368 e. The third kappa shape index (κ3) is 3.41. The zero-order chi connectivity index (χ0) is 16.2. The molecular weight excluding hydrogens is 288 g/mol. The van der Waals surface area contributed by atoms with Gasteiger partial charge in [-0.2, -0.15) is 20.2 Å². The van der Waals surface area contributed by atoms with Gasteiger partial charge in [0.15, 0.2) is 5.82 Å². The van der Waals surface area contributed by atoms with Crippen LogP contribution in [0.5, 0.6) is 0 Å². The summed E-state index contributed by atoms with van der Waals surface area (Å²) >= 11 is 0. The fourth-order valence-electron chi connectivity index (χ4n) is 2.04. The number of aryl methyl sites for hydroxylation is 1. The first-order valence-electron chi connectivity index (χ1n) is 7.00. The molecule has 0 radical (unpaired) electrons. The van der Waals surface area contributed by atoms with Crippen LogP contribution in [0.25, 0.3) is 11.4 Å². The summed E-state index contributed by atoms with van der Waals surface area (Å²) in [7, 11) is 0. The lowest BCUT2D eigenvalue weighted by atomic mass is 10.1. The molecule has 0 atom stereocenters. The molecule has 0 saturated heterocycles. The molecule has 23 heavy (non-hydrogen) atoms. The van der Waals surface area contributed by atoms with Gasteiger partial charge in [-0.05, 0) is 43.3 Å². The SMILES string of the molecule is Cc1ccc(Nc2nc(N)nc(-c3ccc(C#N)cc3)n2)cc1. The highest BCUT2D eigenvalue weighted by Gasteiger charge is 2.07. The molecule has 0 aliphatic heterocycles. The van der Waals surface area contributed by atoms with Crippen LogP contribution in [-0.4, -0.2) is 15.0 Å². The Hall–Kier alpha value is -3.46. The van der Waals surface area contributed by atoms with Crippen LogP contribution < -0.4 is 11.1 Å². The Morgan fingerprint density at radius 3 is 2.30 bits per heavy atom. The van der Waals surface area contributed by atoms with Crippen LogP contribution in [0.4, 0.5) is 17.6 Å². The number of nitrogens with one attached hydrogen (secondary N) is 1. The Bertz CT molecular complexity index is 863. The third-order valence-corrected chi connectivity index (χ3v) is 3.23. The molecule has 0 fully saturated rings. The number of hydrogen-bond donors (Lipinski definition) is 2. The largest absolute Gasteiger partial charge is 0.368 e. The van der Waals surface area contributed by atoms with Crippen molar-refractivity contribution in [2.45, 2.75) is 6.92 Å². The van der Waals surface area contributed by atoms with Gasteiger partial charge in [-0.3, -0.25) is 0 Å². The summed E-state index contributed by atoms with van der Waals surface area (Å²) in [5.74, 6) is 0.964. The summed E-state index contributed by atoms with van der Waals surface area (Å²) in [4.78, 5) is 12.6. The predicted molar refractivity (Wildman–Crippen MR) is 88.9 cm³/mol. The van der Waals surface area contributed by atoms with Crippen molar-refractivity contribution in [2.24, 2.45) is 0 Å². The quantitative estimate of drug-likeness (QED) is 0.771.